The summed E-state index contributed by atoms with van der Waals surface area (Å²) in [4.78, 5) is 28.8. The van der Waals surface area contributed by atoms with Crippen LogP contribution in [0.5, 0.6) is 0 Å². The van der Waals surface area contributed by atoms with Crippen molar-refractivity contribution < 1.29 is 14.7 Å². The first kappa shape index (κ1) is 9.31. The van der Waals surface area contributed by atoms with Gasteiger partial charge in [0.05, 0.1) is 12.6 Å². The van der Waals surface area contributed by atoms with Gasteiger partial charge in [0.25, 0.3) is 0 Å². The molecule has 0 aromatic carbocycles. The molecule has 0 amide bonds. The number of ketones is 1. The molecule has 0 spiro atoms. The zero-order chi connectivity index (χ0) is 9.68. The number of carbonyl (C=O) groups is 2. The Kier molecular flexibility index (Phi) is 3.08. The van der Waals surface area contributed by atoms with Gasteiger partial charge in [-0.2, -0.15) is 0 Å². The minimum Gasteiger partial charge on any atom is -0.481 e. The third-order valence-corrected chi connectivity index (χ3v) is 1.41. The standard InChI is InChI=1S/C8H8N2O3/c11-7(1-2-8(12)13)6-5-9-3-4-10-6/h3-5H,1-2H2,(H,12,13). The van der Waals surface area contributed by atoms with E-state index in [2.05, 4.69) is 9.97 Å². The molecule has 1 aromatic rings. The lowest BCUT2D eigenvalue weighted by Gasteiger charge is -1.95. The average molecular weight is 180 g/mol. The van der Waals surface area contributed by atoms with E-state index in [0.29, 0.717) is 0 Å². The molecule has 0 unspecified atom stereocenters. The second-order valence-electron chi connectivity index (χ2n) is 2.41. The summed E-state index contributed by atoms with van der Waals surface area (Å²) in [5.74, 6) is -1.28. The van der Waals surface area contributed by atoms with Crippen LogP contribution in [-0.4, -0.2) is 26.8 Å². The van der Waals surface area contributed by atoms with Crippen molar-refractivity contribution in [3.63, 3.8) is 0 Å². The number of aliphatic carboxylic acids is 1. The number of hydrogen-bond acceptors (Lipinski definition) is 4. The minimum atomic E-state index is -0.989. The zero-order valence-corrected chi connectivity index (χ0v) is 6.80. The Balaban J connectivity index is 2.54. The molecular formula is C8H8N2O3. The molecule has 0 aliphatic heterocycles. The highest BCUT2D eigenvalue weighted by Gasteiger charge is 2.08. The summed E-state index contributed by atoms with van der Waals surface area (Å²) in [6.45, 7) is 0. The van der Waals surface area contributed by atoms with E-state index in [1.807, 2.05) is 0 Å². The lowest BCUT2D eigenvalue weighted by molar-refractivity contribution is -0.136. The van der Waals surface area contributed by atoms with E-state index in [-0.39, 0.29) is 24.3 Å². The van der Waals surface area contributed by atoms with Crippen molar-refractivity contribution in [3.05, 3.63) is 24.3 Å². The Morgan fingerprint density at radius 3 is 2.62 bits per heavy atom. The van der Waals surface area contributed by atoms with Crippen molar-refractivity contribution in [1.29, 1.82) is 0 Å². The van der Waals surface area contributed by atoms with Gasteiger partial charge >= 0.3 is 5.97 Å². The Labute approximate surface area is 74.4 Å². The van der Waals surface area contributed by atoms with E-state index in [1.165, 1.54) is 18.6 Å². The smallest absolute Gasteiger partial charge is 0.303 e. The molecule has 0 saturated carbocycles. The van der Waals surface area contributed by atoms with Crippen molar-refractivity contribution in [2.24, 2.45) is 0 Å². The topological polar surface area (TPSA) is 80.1 Å². The molecule has 0 bridgehead atoms. The van der Waals surface area contributed by atoms with Crippen LogP contribution >= 0.6 is 0 Å². The second-order valence-corrected chi connectivity index (χ2v) is 2.41. The lowest BCUT2D eigenvalue weighted by Crippen LogP contribution is -2.05. The van der Waals surface area contributed by atoms with Crippen LogP contribution < -0.4 is 0 Å². The van der Waals surface area contributed by atoms with Crippen molar-refractivity contribution in [3.8, 4) is 0 Å². The molecule has 5 nitrogen and oxygen atoms in total. The summed E-state index contributed by atoms with van der Waals surface area (Å²) in [6.07, 6.45) is 3.97. The molecule has 0 aliphatic rings. The van der Waals surface area contributed by atoms with Gasteiger partial charge in [0, 0.05) is 18.8 Å². The fourth-order valence-electron chi connectivity index (χ4n) is 0.792. The number of hydrogen-bond donors (Lipinski definition) is 1. The summed E-state index contributed by atoms with van der Waals surface area (Å²) in [6, 6.07) is 0. The Hall–Kier alpha value is -1.78. The second kappa shape index (κ2) is 4.30. The van der Waals surface area contributed by atoms with Gasteiger partial charge < -0.3 is 5.11 Å². The van der Waals surface area contributed by atoms with Crippen molar-refractivity contribution in [2.45, 2.75) is 12.8 Å². The lowest BCUT2D eigenvalue weighted by atomic mass is 10.2. The zero-order valence-electron chi connectivity index (χ0n) is 6.80. The van der Waals surface area contributed by atoms with Gasteiger partial charge in [-0.1, -0.05) is 0 Å². The van der Waals surface area contributed by atoms with Crippen LogP contribution in [0.4, 0.5) is 0 Å². The molecule has 5 heteroatoms. The highest BCUT2D eigenvalue weighted by atomic mass is 16.4. The molecule has 1 rings (SSSR count). The van der Waals surface area contributed by atoms with Crippen LogP contribution in [-0.2, 0) is 4.79 Å². The average Bonchev–Trinajstić information content (AvgIpc) is 2.15. The van der Waals surface area contributed by atoms with E-state index >= 15 is 0 Å². The van der Waals surface area contributed by atoms with E-state index in [1.54, 1.807) is 0 Å². The van der Waals surface area contributed by atoms with E-state index in [4.69, 9.17) is 5.11 Å². The van der Waals surface area contributed by atoms with E-state index < -0.39 is 5.97 Å². The number of carbonyl (C=O) groups excluding carboxylic acids is 1. The van der Waals surface area contributed by atoms with E-state index in [0.717, 1.165) is 0 Å². The highest BCUT2D eigenvalue weighted by molar-refractivity contribution is 5.95. The van der Waals surface area contributed by atoms with Crippen LogP contribution in [0.2, 0.25) is 0 Å². The Morgan fingerprint density at radius 1 is 1.31 bits per heavy atom. The van der Waals surface area contributed by atoms with Gasteiger partial charge in [-0.15, -0.1) is 0 Å². The van der Waals surface area contributed by atoms with Gasteiger partial charge in [-0.25, -0.2) is 4.98 Å². The molecule has 13 heavy (non-hydrogen) atoms. The summed E-state index contributed by atoms with van der Waals surface area (Å²) < 4.78 is 0. The van der Waals surface area contributed by atoms with E-state index in [9.17, 15) is 9.59 Å². The summed E-state index contributed by atoms with van der Waals surface area (Å²) in [5, 5.41) is 8.32. The van der Waals surface area contributed by atoms with Gasteiger partial charge in [-0.05, 0) is 0 Å². The van der Waals surface area contributed by atoms with Gasteiger partial charge in [0.1, 0.15) is 5.69 Å². The maximum Gasteiger partial charge on any atom is 0.303 e. The van der Waals surface area contributed by atoms with Crippen LogP contribution in [0.25, 0.3) is 0 Å². The molecule has 68 valence electrons. The number of carboxylic acids is 1. The predicted octanol–water partition coefficient (Wildman–Crippen LogP) is 0.524. The third-order valence-electron chi connectivity index (χ3n) is 1.41. The Morgan fingerprint density at radius 2 is 2.08 bits per heavy atom. The maximum atomic E-state index is 11.2. The fraction of sp³-hybridized carbons (Fsp3) is 0.250. The summed E-state index contributed by atoms with van der Waals surface area (Å²) >= 11 is 0. The quantitative estimate of drug-likeness (QED) is 0.683. The molecule has 0 atom stereocenters. The molecule has 1 aromatic heterocycles. The molecule has 0 fully saturated rings. The molecular weight excluding hydrogens is 172 g/mol. The monoisotopic (exact) mass is 180 g/mol. The van der Waals surface area contributed by atoms with Crippen LogP contribution in [0, 0.1) is 0 Å². The van der Waals surface area contributed by atoms with Crippen molar-refractivity contribution in [2.75, 3.05) is 0 Å². The molecule has 0 aliphatic carbocycles. The maximum absolute atomic E-state index is 11.2. The first-order chi connectivity index (χ1) is 6.20. The normalized spacial score (nSPS) is 9.54. The van der Waals surface area contributed by atoms with Crippen molar-refractivity contribution in [1.82, 2.24) is 9.97 Å². The molecule has 1 heterocycles. The number of Topliss-reactive ketones (excluding diaryl/α,β-unsaturated/α-hetero) is 1. The van der Waals surface area contributed by atoms with Gasteiger partial charge in [0.2, 0.25) is 0 Å². The van der Waals surface area contributed by atoms with Gasteiger partial charge in [-0.3, -0.25) is 14.6 Å². The van der Waals surface area contributed by atoms with Crippen LogP contribution in [0.1, 0.15) is 23.3 Å². The molecule has 0 radical (unpaired) electrons. The highest BCUT2D eigenvalue weighted by Crippen LogP contribution is 1.99. The number of carboxylic acid groups (broad SMARTS) is 1. The van der Waals surface area contributed by atoms with Crippen molar-refractivity contribution >= 4 is 11.8 Å². The number of aromatic nitrogens is 2. The largest absolute Gasteiger partial charge is 0.481 e. The third kappa shape index (κ3) is 2.98. The Bertz CT molecular complexity index is 310. The van der Waals surface area contributed by atoms with Crippen LogP contribution in [0.15, 0.2) is 18.6 Å². The summed E-state index contributed by atoms with van der Waals surface area (Å²) in [7, 11) is 0. The minimum absolute atomic E-state index is 0.0337. The molecule has 1 N–H and O–H groups in total. The first-order valence-electron chi connectivity index (χ1n) is 3.71. The van der Waals surface area contributed by atoms with Crippen LogP contribution in [0.3, 0.4) is 0 Å². The molecule has 0 saturated heterocycles. The number of nitrogens with zero attached hydrogens (tertiary/aromatic N) is 2. The number of rotatable bonds is 4. The fourth-order valence-corrected chi connectivity index (χ4v) is 0.792. The first-order valence-corrected chi connectivity index (χ1v) is 3.71. The summed E-state index contributed by atoms with van der Waals surface area (Å²) in [5.41, 5.74) is 0.212. The predicted molar refractivity (Wildman–Crippen MR) is 43.2 cm³/mol. The van der Waals surface area contributed by atoms with Gasteiger partial charge in [0.15, 0.2) is 5.78 Å². The SMILES string of the molecule is O=C(O)CCC(=O)c1cnccn1.